The van der Waals surface area contributed by atoms with Gasteiger partial charge in [0.05, 0.1) is 12.5 Å². The van der Waals surface area contributed by atoms with Gasteiger partial charge >= 0.3 is 0 Å². The quantitative estimate of drug-likeness (QED) is 0.855. The molecule has 1 aromatic carbocycles. The second kappa shape index (κ2) is 5.90. The van der Waals surface area contributed by atoms with Crippen LogP contribution in [0.2, 0.25) is 5.02 Å². The summed E-state index contributed by atoms with van der Waals surface area (Å²) in [4.78, 5) is 18.5. The van der Waals surface area contributed by atoms with Crippen LogP contribution in [0.1, 0.15) is 34.8 Å². The Balaban J connectivity index is 1.75. The smallest absolute Gasteiger partial charge is 0.272 e. The van der Waals surface area contributed by atoms with E-state index in [-0.39, 0.29) is 5.91 Å². The molecular formula is C16H18ClN3O. The molecule has 1 amide bonds. The van der Waals surface area contributed by atoms with Gasteiger partial charge in [-0.1, -0.05) is 23.7 Å². The molecule has 1 fully saturated rings. The van der Waals surface area contributed by atoms with Gasteiger partial charge < -0.3 is 9.47 Å². The number of piperidine rings is 1. The normalized spacial score (nSPS) is 18.8. The maximum Gasteiger partial charge on any atom is 0.272 e. The highest BCUT2D eigenvalue weighted by atomic mass is 35.5. The van der Waals surface area contributed by atoms with Gasteiger partial charge in [0.15, 0.2) is 0 Å². The number of hydrogen-bond acceptors (Lipinski definition) is 2. The number of hydrogen-bond donors (Lipinski definition) is 0. The van der Waals surface area contributed by atoms with Gasteiger partial charge in [0.2, 0.25) is 0 Å². The third kappa shape index (κ3) is 2.95. The number of nitrogens with zero attached hydrogens (tertiary/aromatic N) is 3. The lowest BCUT2D eigenvalue weighted by atomic mass is 9.90. The number of halogens is 1. The third-order valence-corrected chi connectivity index (χ3v) is 4.34. The minimum atomic E-state index is 0.0636. The number of aromatic nitrogens is 2. The zero-order valence-corrected chi connectivity index (χ0v) is 12.8. The molecule has 0 spiro atoms. The molecule has 0 radical (unpaired) electrons. The maximum absolute atomic E-state index is 12.6. The number of carbonyl (C=O) groups is 1. The predicted molar refractivity (Wildman–Crippen MR) is 82.5 cm³/mol. The van der Waals surface area contributed by atoms with Crippen LogP contribution in [-0.4, -0.2) is 33.4 Å². The van der Waals surface area contributed by atoms with E-state index in [1.807, 2.05) is 24.1 Å². The van der Waals surface area contributed by atoms with Crippen LogP contribution in [0.5, 0.6) is 0 Å². The minimum absolute atomic E-state index is 0.0636. The fourth-order valence-electron chi connectivity index (χ4n) is 2.89. The fourth-order valence-corrected chi connectivity index (χ4v) is 3.02. The summed E-state index contributed by atoms with van der Waals surface area (Å²) < 4.78 is 1.77. The largest absolute Gasteiger partial charge is 0.337 e. The Morgan fingerprint density at radius 2 is 2.10 bits per heavy atom. The van der Waals surface area contributed by atoms with Gasteiger partial charge in [-0.15, -0.1) is 0 Å². The summed E-state index contributed by atoms with van der Waals surface area (Å²) in [5.41, 5.74) is 1.90. The Labute approximate surface area is 129 Å². The Morgan fingerprint density at radius 3 is 2.76 bits per heavy atom. The van der Waals surface area contributed by atoms with Gasteiger partial charge in [-0.05, 0) is 30.5 Å². The molecule has 1 aliphatic heterocycles. The molecule has 1 atom stereocenters. The Kier molecular flexibility index (Phi) is 3.97. The zero-order chi connectivity index (χ0) is 14.8. The topological polar surface area (TPSA) is 38.1 Å². The van der Waals surface area contributed by atoms with E-state index < -0.39 is 0 Å². The van der Waals surface area contributed by atoms with E-state index in [0.717, 1.165) is 31.0 Å². The number of aryl methyl sites for hydroxylation is 1. The van der Waals surface area contributed by atoms with Crippen LogP contribution in [0.25, 0.3) is 0 Å². The number of carbonyl (C=O) groups excluding carboxylic acids is 1. The van der Waals surface area contributed by atoms with Crippen LogP contribution in [0.3, 0.4) is 0 Å². The highest BCUT2D eigenvalue weighted by molar-refractivity contribution is 6.30. The van der Waals surface area contributed by atoms with Crippen LogP contribution in [0.4, 0.5) is 0 Å². The Bertz CT molecular complexity index is 635. The number of amides is 1. The Morgan fingerprint density at radius 1 is 1.33 bits per heavy atom. The summed E-state index contributed by atoms with van der Waals surface area (Å²) in [6, 6.07) is 7.95. The highest BCUT2D eigenvalue weighted by Gasteiger charge is 2.26. The molecule has 1 aromatic heterocycles. The number of rotatable bonds is 2. The molecule has 0 bridgehead atoms. The van der Waals surface area contributed by atoms with Crippen molar-refractivity contribution in [3.8, 4) is 0 Å². The van der Waals surface area contributed by atoms with Crippen molar-refractivity contribution < 1.29 is 4.79 Å². The first-order chi connectivity index (χ1) is 10.1. The van der Waals surface area contributed by atoms with Crippen molar-refractivity contribution in [3.05, 3.63) is 53.1 Å². The minimum Gasteiger partial charge on any atom is -0.337 e. The van der Waals surface area contributed by atoms with Crippen molar-refractivity contribution in [1.29, 1.82) is 0 Å². The molecule has 0 saturated carbocycles. The van der Waals surface area contributed by atoms with E-state index in [1.165, 1.54) is 5.56 Å². The monoisotopic (exact) mass is 303 g/mol. The van der Waals surface area contributed by atoms with E-state index in [2.05, 4.69) is 17.1 Å². The molecule has 1 unspecified atom stereocenters. The first-order valence-corrected chi connectivity index (χ1v) is 7.54. The molecule has 0 aliphatic carbocycles. The van der Waals surface area contributed by atoms with Crippen LogP contribution in [0, 0.1) is 0 Å². The lowest BCUT2D eigenvalue weighted by Crippen LogP contribution is -2.39. The number of likely N-dealkylation sites (tertiary alicyclic amines) is 1. The van der Waals surface area contributed by atoms with Crippen LogP contribution in [-0.2, 0) is 7.05 Å². The molecule has 1 aliphatic rings. The number of imidazole rings is 1. The molecule has 4 nitrogen and oxygen atoms in total. The zero-order valence-electron chi connectivity index (χ0n) is 12.0. The van der Waals surface area contributed by atoms with E-state index in [4.69, 9.17) is 11.6 Å². The second-order valence-electron chi connectivity index (χ2n) is 5.53. The number of benzene rings is 1. The van der Waals surface area contributed by atoms with Crippen LogP contribution >= 0.6 is 11.6 Å². The van der Waals surface area contributed by atoms with Gasteiger partial charge in [0, 0.05) is 31.1 Å². The first-order valence-electron chi connectivity index (χ1n) is 7.16. The van der Waals surface area contributed by atoms with Gasteiger partial charge in [0.1, 0.15) is 5.69 Å². The molecule has 0 N–H and O–H groups in total. The van der Waals surface area contributed by atoms with Crippen molar-refractivity contribution >= 4 is 17.5 Å². The lowest BCUT2D eigenvalue weighted by molar-refractivity contribution is 0.0697. The molecule has 2 heterocycles. The standard InChI is InChI=1S/C16H18ClN3O/c1-19-11-18-9-15(19)16(21)20-8-2-3-13(10-20)12-4-6-14(17)7-5-12/h4-7,9,11,13H,2-3,8,10H2,1H3. The summed E-state index contributed by atoms with van der Waals surface area (Å²) in [6.07, 6.45) is 5.43. The summed E-state index contributed by atoms with van der Waals surface area (Å²) in [6.45, 7) is 1.57. The van der Waals surface area contributed by atoms with Crippen molar-refractivity contribution in [2.75, 3.05) is 13.1 Å². The molecule has 3 rings (SSSR count). The van der Waals surface area contributed by atoms with Gasteiger partial charge in [-0.2, -0.15) is 0 Å². The molecule has 110 valence electrons. The molecule has 2 aromatic rings. The third-order valence-electron chi connectivity index (χ3n) is 4.09. The van der Waals surface area contributed by atoms with Gasteiger partial charge in [0.25, 0.3) is 5.91 Å². The van der Waals surface area contributed by atoms with E-state index >= 15 is 0 Å². The molecule has 1 saturated heterocycles. The fraction of sp³-hybridized carbons (Fsp3) is 0.375. The van der Waals surface area contributed by atoms with Crippen molar-refractivity contribution in [1.82, 2.24) is 14.5 Å². The van der Waals surface area contributed by atoms with E-state index in [9.17, 15) is 4.79 Å². The van der Waals surface area contributed by atoms with Crippen molar-refractivity contribution in [3.63, 3.8) is 0 Å². The average Bonchev–Trinajstić information content (AvgIpc) is 2.93. The summed E-state index contributed by atoms with van der Waals surface area (Å²) in [5, 5.41) is 0.748. The highest BCUT2D eigenvalue weighted by Crippen LogP contribution is 2.28. The molecule has 5 heteroatoms. The molecular weight excluding hydrogens is 286 g/mol. The van der Waals surface area contributed by atoms with E-state index in [0.29, 0.717) is 11.6 Å². The summed E-state index contributed by atoms with van der Waals surface area (Å²) in [7, 11) is 1.85. The summed E-state index contributed by atoms with van der Waals surface area (Å²) in [5.74, 6) is 0.446. The Hall–Kier alpha value is -1.81. The van der Waals surface area contributed by atoms with Gasteiger partial charge in [-0.25, -0.2) is 4.98 Å². The SMILES string of the molecule is Cn1cncc1C(=O)N1CCCC(c2ccc(Cl)cc2)C1. The molecule has 21 heavy (non-hydrogen) atoms. The average molecular weight is 304 g/mol. The maximum atomic E-state index is 12.6. The van der Waals surface area contributed by atoms with Crippen molar-refractivity contribution in [2.45, 2.75) is 18.8 Å². The van der Waals surface area contributed by atoms with Crippen LogP contribution in [0.15, 0.2) is 36.8 Å². The van der Waals surface area contributed by atoms with E-state index in [1.54, 1.807) is 17.1 Å². The first kappa shape index (κ1) is 14.1. The second-order valence-corrected chi connectivity index (χ2v) is 5.97. The predicted octanol–water partition coefficient (Wildman–Crippen LogP) is 3.09. The van der Waals surface area contributed by atoms with Gasteiger partial charge in [-0.3, -0.25) is 4.79 Å². The van der Waals surface area contributed by atoms with Crippen LogP contribution < -0.4 is 0 Å². The van der Waals surface area contributed by atoms with Crippen molar-refractivity contribution in [2.24, 2.45) is 7.05 Å². The lowest BCUT2D eigenvalue weighted by Gasteiger charge is -2.33. The summed E-state index contributed by atoms with van der Waals surface area (Å²) >= 11 is 5.94.